The van der Waals surface area contributed by atoms with Crippen LogP contribution >= 0.6 is 0 Å². The van der Waals surface area contributed by atoms with Gasteiger partial charge in [0.15, 0.2) is 0 Å². The van der Waals surface area contributed by atoms with Gasteiger partial charge in [0.1, 0.15) is 6.29 Å². The Morgan fingerprint density at radius 3 is 2.64 bits per heavy atom. The monoisotopic (exact) mass is 190 g/mol. The molecule has 0 fully saturated rings. The van der Waals surface area contributed by atoms with Crippen LogP contribution in [0.3, 0.4) is 0 Å². The first-order chi connectivity index (χ1) is 6.65. The number of rotatable bonds is 3. The first-order valence-electron chi connectivity index (χ1n) is 4.11. The summed E-state index contributed by atoms with van der Waals surface area (Å²) in [6, 6.07) is 4.77. The predicted octanol–water partition coefficient (Wildman–Crippen LogP) is 1.91. The lowest BCUT2D eigenvalue weighted by Crippen LogP contribution is -1.96. The van der Waals surface area contributed by atoms with Crippen molar-refractivity contribution in [3.8, 4) is 0 Å². The summed E-state index contributed by atoms with van der Waals surface area (Å²) in [5.41, 5.74) is 1.94. The summed E-state index contributed by atoms with van der Waals surface area (Å²) in [4.78, 5) is 20.7. The summed E-state index contributed by atoms with van der Waals surface area (Å²) in [5, 5.41) is 8.70. The van der Waals surface area contributed by atoms with Gasteiger partial charge in [0.2, 0.25) is 0 Å². The fourth-order valence-electron chi connectivity index (χ4n) is 1.14. The average Bonchev–Trinajstić information content (AvgIpc) is 2.15. The van der Waals surface area contributed by atoms with Gasteiger partial charge in [0.05, 0.1) is 5.56 Å². The van der Waals surface area contributed by atoms with Gasteiger partial charge in [-0.25, -0.2) is 4.79 Å². The second-order valence-electron chi connectivity index (χ2n) is 2.87. The van der Waals surface area contributed by atoms with Gasteiger partial charge in [-0.2, -0.15) is 0 Å². The van der Waals surface area contributed by atoms with E-state index in [1.807, 2.05) is 0 Å². The highest BCUT2D eigenvalue weighted by Crippen LogP contribution is 2.12. The first kappa shape index (κ1) is 10.2. The maximum atomic E-state index is 10.6. The van der Waals surface area contributed by atoms with Crippen molar-refractivity contribution in [3.63, 3.8) is 0 Å². The number of hydrogen-bond acceptors (Lipinski definition) is 2. The topological polar surface area (TPSA) is 54.4 Å². The number of carbonyl (C=O) groups is 2. The van der Waals surface area contributed by atoms with Crippen molar-refractivity contribution in [3.05, 3.63) is 41.0 Å². The van der Waals surface area contributed by atoms with Crippen LogP contribution in [0.25, 0.3) is 6.08 Å². The molecule has 0 saturated carbocycles. The minimum Gasteiger partial charge on any atom is -0.478 e. The van der Waals surface area contributed by atoms with E-state index in [-0.39, 0.29) is 5.56 Å². The molecule has 0 unspecified atom stereocenters. The zero-order chi connectivity index (χ0) is 10.6. The molecule has 0 aromatic heterocycles. The van der Waals surface area contributed by atoms with E-state index in [0.717, 1.165) is 11.1 Å². The number of hydrogen-bond donors (Lipinski definition) is 1. The van der Waals surface area contributed by atoms with Crippen LogP contribution in [0.5, 0.6) is 0 Å². The van der Waals surface area contributed by atoms with E-state index in [4.69, 9.17) is 5.11 Å². The molecule has 0 amide bonds. The summed E-state index contributed by atoms with van der Waals surface area (Å²) in [6.45, 7) is 1.80. The molecule has 3 heteroatoms. The lowest BCUT2D eigenvalue weighted by atomic mass is 10.0. The second-order valence-corrected chi connectivity index (χ2v) is 2.87. The van der Waals surface area contributed by atoms with Crippen LogP contribution in [-0.4, -0.2) is 17.4 Å². The average molecular weight is 190 g/mol. The Morgan fingerprint density at radius 2 is 2.14 bits per heavy atom. The third-order valence-corrected chi connectivity index (χ3v) is 1.87. The predicted molar refractivity (Wildman–Crippen MR) is 53.2 cm³/mol. The van der Waals surface area contributed by atoms with E-state index in [2.05, 4.69) is 0 Å². The molecule has 0 radical (unpaired) electrons. The maximum absolute atomic E-state index is 10.6. The van der Waals surface area contributed by atoms with Gasteiger partial charge in [-0.15, -0.1) is 0 Å². The number of carboxylic acids is 1. The van der Waals surface area contributed by atoms with Gasteiger partial charge in [-0.1, -0.05) is 12.1 Å². The Labute approximate surface area is 81.7 Å². The molecule has 0 bridgehead atoms. The van der Waals surface area contributed by atoms with Crippen molar-refractivity contribution in [2.75, 3.05) is 0 Å². The van der Waals surface area contributed by atoms with Crippen LogP contribution < -0.4 is 0 Å². The van der Waals surface area contributed by atoms with Gasteiger partial charge in [0, 0.05) is 0 Å². The molecule has 0 aliphatic heterocycles. The summed E-state index contributed by atoms with van der Waals surface area (Å²) in [7, 11) is 0. The number of aldehydes is 1. The number of aryl methyl sites for hydroxylation is 1. The summed E-state index contributed by atoms with van der Waals surface area (Å²) in [5.74, 6) is -0.945. The number of carbonyl (C=O) groups excluding carboxylic acids is 1. The van der Waals surface area contributed by atoms with E-state index >= 15 is 0 Å². The van der Waals surface area contributed by atoms with E-state index in [9.17, 15) is 9.59 Å². The van der Waals surface area contributed by atoms with Crippen molar-refractivity contribution >= 4 is 18.3 Å². The van der Waals surface area contributed by atoms with Gasteiger partial charge in [0.25, 0.3) is 0 Å². The lowest BCUT2D eigenvalue weighted by Gasteiger charge is -2.01. The summed E-state index contributed by atoms with van der Waals surface area (Å²) >= 11 is 0. The van der Waals surface area contributed by atoms with Crippen molar-refractivity contribution in [1.29, 1.82) is 0 Å². The third-order valence-electron chi connectivity index (χ3n) is 1.87. The SMILES string of the molecule is Cc1cc(C(=O)O)ccc1C=CC=O. The quantitative estimate of drug-likeness (QED) is 0.585. The second kappa shape index (κ2) is 4.37. The maximum Gasteiger partial charge on any atom is 0.335 e. The minimum atomic E-state index is -0.945. The van der Waals surface area contributed by atoms with Crippen molar-refractivity contribution in [2.45, 2.75) is 6.92 Å². The van der Waals surface area contributed by atoms with Crippen molar-refractivity contribution in [1.82, 2.24) is 0 Å². The Hall–Kier alpha value is -1.90. The van der Waals surface area contributed by atoms with Gasteiger partial charge in [-0.3, -0.25) is 4.79 Å². The molecule has 0 atom stereocenters. The molecule has 0 heterocycles. The van der Waals surface area contributed by atoms with E-state index in [1.54, 1.807) is 25.1 Å². The molecule has 0 aliphatic rings. The Bertz CT molecular complexity index is 392. The minimum absolute atomic E-state index is 0.255. The molecular formula is C11H10O3. The van der Waals surface area contributed by atoms with Crippen LogP contribution in [0.1, 0.15) is 21.5 Å². The van der Waals surface area contributed by atoms with Crippen LogP contribution in [-0.2, 0) is 4.79 Å². The Balaban J connectivity index is 3.07. The van der Waals surface area contributed by atoms with Crippen molar-refractivity contribution < 1.29 is 14.7 Å². The molecule has 72 valence electrons. The molecule has 1 N–H and O–H groups in total. The van der Waals surface area contributed by atoms with E-state index in [0.29, 0.717) is 6.29 Å². The highest BCUT2D eigenvalue weighted by atomic mass is 16.4. The smallest absolute Gasteiger partial charge is 0.335 e. The zero-order valence-corrected chi connectivity index (χ0v) is 7.73. The van der Waals surface area contributed by atoms with Crippen LogP contribution in [0.2, 0.25) is 0 Å². The molecule has 0 spiro atoms. The van der Waals surface area contributed by atoms with E-state index in [1.165, 1.54) is 12.1 Å². The number of carboxylic acid groups (broad SMARTS) is 1. The van der Waals surface area contributed by atoms with E-state index < -0.39 is 5.97 Å². The Morgan fingerprint density at radius 1 is 1.43 bits per heavy atom. The summed E-state index contributed by atoms with van der Waals surface area (Å²) in [6.07, 6.45) is 3.71. The molecule has 1 rings (SSSR count). The van der Waals surface area contributed by atoms with Crippen molar-refractivity contribution in [2.24, 2.45) is 0 Å². The zero-order valence-electron chi connectivity index (χ0n) is 7.73. The standard InChI is InChI=1S/C11H10O3/c1-8-7-10(11(13)14)5-4-9(8)3-2-6-12/h2-7H,1H3,(H,13,14). The molecule has 3 nitrogen and oxygen atoms in total. The molecule has 1 aromatic carbocycles. The third kappa shape index (κ3) is 2.29. The number of benzene rings is 1. The number of allylic oxidation sites excluding steroid dienone is 1. The fraction of sp³-hybridized carbons (Fsp3) is 0.0909. The van der Waals surface area contributed by atoms with Gasteiger partial charge >= 0.3 is 5.97 Å². The van der Waals surface area contributed by atoms with Crippen LogP contribution in [0, 0.1) is 6.92 Å². The van der Waals surface area contributed by atoms with Crippen LogP contribution in [0.4, 0.5) is 0 Å². The molecule has 1 aromatic rings. The summed E-state index contributed by atoms with van der Waals surface area (Å²) < 4.78 is 0. The molecular weight excluding hydrogens is 180 g/mol. The largest absolute Gasteiger partial charge is 0.478 e. The fourth-order valence-corrected chi connectivity index (χ4v) is 1.14. The molecule has 0 saturated heterocycles. The first-order valence-corrected chi connectivity index (χ1v) is 4.11. The lowest BCUT2D eigenvalue weighted by molar-refractivity contribution is -0.104. The highest BCUT2D eigenvalue weighted by molar-refractivity contribution is 5.88. The molecule has 14 heavy (non-hydrogen) atoms. The Kier molecular flexibility index (Phi) is 3.18. The van der Waals surface area contributed by atoms with Gasteiger partial charge in [-0.05, 0) is 36.3 Å². The highest BCUT2D eigenvalue weighted by Gasteiger charge is 2.03. The van der Waals surface area contributed by atoms with Gasteiger partial charge < -0.3 is 5.11 Å². The normalized spacial score (nSPS) is 10.4. The molecule has 0 aliphatic carbocycles. The van der Waals surface area contributed by atoms with Crippen LogP contribution in [0.15, 0.2) is 24.3 Å². The number of aromatic carboxylic acids is 1.